The van der Waals surface area contributed by atoms with E-state index in [1.54, 1.807) is 6.07 Å². The van der Waals surface area contributed by atoms with Crippen molar-refractivity contribution in [1.29, 1.82) is 0 Å². The molecule has 1 saturated heterocycles. The average molecular weight is 271 g/mol. The number of benzene rings is 1. The highest BCUT2D eigenvalue weighted by molar-refractivity contribution is 6.30. The summed E-state index contributed by atoms with van der Waals surface area (Å²) in [5.74, 6) is -0.353. The molecule has 2 nitrogen and oxygen atoms in total. The first kappa shape index (κ1) is 13.8. The summed E-state index contributed by atoms with van der Waals surface area (Å²) in [6.07, 6.45) is 0. The van der Waals surface area contributed by atoms with Gasteiger partial charge in [-0.25, -0.2) is 4.39 Å². The van der Waals surface area contributed by atoms with E-state index < -0.39 is 0 Å². The topological polar surface area (TPSA) is 15.3 Å². The van der Waals surface area contributed by atoms with Crippen LogP contribution < -0.4 is 5.32 Å². The Morgan fingerprint density at radius 1 is 1.50 bits per heavy atom. The van der Waals surface area contributed by atoms with Gasteiger partial charge in [-0.1, -0.05) is 17.7 Å². The Morgan fingerprint density at radius 2 is 2.22 bits per heavy atom. The van der Waals surface area contributed by atoms with E-state index in [1.807, 2.05) is 6.07 Å². The smallest absolute Gasteiger partial charge is 0.141 e. The predicted molar refractivity (Wildman–Crippen MR) is 73.4 cm³/mol. The summed E-state index contributed by atoms with van der Waals surface area (Å²) in [5, 5.41) is 3.72. The van der Waals surface area contributed by atoms with Gasteiger partial charge in [0.25, 0.3) is 0 Å². The lowest BCUT2D eigenvalue weighted by Crippen LogP contribution is -2.60. The lowest BCUT2D eigenvalue weighted by molar-refractivity contribution is 0.0977. The van der Waals surface area contributed by atoms with Crippen molar-refractivity contribution in [2.75, 3.05) is 13.1 Å². The summed E-state index contributed by atoms with van der Waals surface area (Å²) in [6.45, 7) is 9.36. The third kappa shape index (κ3) is 3.22. The Bertz CT molecular complexity index is 434. The molecule has 2 rings (SSSR count). The van der Waals surface area contributed by atoms with E-state index in [4.69, 9.17) is 11.6 Å². The van der Waals surface area contributed by atoms with Crippen LogP contribution in [-0.4, -0.2) is 29.6 Å². The van der Waals surface area contributed by atoms with Crippen LogP contribution in [0, 0.1) is 5.82 Å². The van der Waals surface area contributed by atoms with Gasteiger partial charge in [-0.2, -0.15) is 0 Å². The second kappa shape index (κ2) is 5.16. The van der Waals surface area contributed by atoms with E-state index in [9.17, 15) is 4.39 Å². The largest absolute Gasteiger partial charge is 0.309 e. The van der Waals surface area contributed by atoms with Crippen molar-refractivity contribution in [3.8, 4) is 0 Å². The quantitative estimate of drug-likeness (QED) is 0.889. The number of nitrogens with zero attached hydrogens (tertiary/aromatic N) is 1. The monoisotopic (exact) mass is 270 g/mol. The van der Waals surface area contributed by atoms with Gasteiger partial charge in [-0.05, 0) is 38.5 Å². The number of piperazine rings is 1. The van der Waals surface area contributed by atoms with E-state index in [0.29, 0.717) is 6.04 Å². The second-order valence-corrected chi connectivity index (χ2v) is 6.17. The molecule has 1 unspecified atom stereocenters. The normalized spacial score (nSPS) is 24.2. The number of halogens is 2. The Balaban J connectivity index is 2.09. The first-order valence-electron chi connectivity index (χ1n) is 6.30. The summed E-state index contributed by atoms with van der Waals surface area (Å²) >= 11 is 5.82. The summed E-state index contributed by atoms with van der Waals surface area (Å²) in [5.41, 5.74) is 1.18. The Labute approximate surface area is 113 Å². The molecule has 0 saturated carbocycles. The molecule has 1 atom stereocenters. The van der Waals surface area contributed by atoms with Gasteiger partial charge in [0.15, 0.2) is 0 Å². The minimum Gasteiger partial charge on any atom is -0.309 e. The molecule has 0 amide bonds. The SMILES string of the molecule is CC1CNC(C)(C)CN1Cc1ccc(F)c(Cl)c1. The lowest BCUT2D eigenvalue weighted by atomic mass is 9.98. The van der Waals surface area contributed by atoms with Gasteiger partial charge in [-0.3, -0.25) is 4.90 Å². The molecule has 4 heteroatoms. The molecular weight excluding hydrogens is 251 g/mol. The number of hydrogen-bond acceptors (Lipinski definition) is 2. The number of hydrogen-bond donors (Lipinski definition) is 1. The zero-order valence-corrected chi connectivity index (χ0v) is 11.9. The second-order valence-electron chi connectivity index (χ2n) is 5.77. The van der Waals surface area contributed by atoms with Crippen LogP contribution in [0.2, 0.25) is 5.02 Å². The fraction of sp³-hybridized carbons (Fsp3) is 0.571. The highest BCUT2D eigenvalue weighted by Crippen LogP contribution is 2.21. The maximum atomic E-state index is 13.1. The van der Waals surface area contributed by atoms with Crippen molar-refractivity contribution >= 4 is 11.6 Å². The molecule has 0 aromatic heterocycles. The maximum absolute atomic E-state index is 13.1. The van der Waals surface area contributed by atoms with Crippen LogP contribution in [0.1, 0.15) is 26.3 Å². The van der Waals surface area contributed by atoms with Crippen molar-refractivity contribution in [2.24, 2.45) is 0 Å². The first-order chi connectivity index (χ1) is 8.37. The molecule has 1 aromatic rings. The Hall–Kier alpha value is -0.640. The van der Waals surface area contributed by atoms with Crippen molar-refractivity contribution in [3.63, 3.8) is 0 Å². The third-order valence-corrected chi connectivity index (χ3v) is 3.76. The predicted octanol–water partition coefficient (Wildman–Crippen LogP) is 3.05. The molecular formula is C14H20ClFN2. The van der Waals surface area contributed by atoms with Gasteiger partial charge in [0.05, 0.1) is 5.02 Å². The minimum absolute atomic E-state index is 0.121. The van der Waals surface area contributed by atoms with Gasteiger partial charge in [0.2, 0.25) is 0 Å². The molecule has 0 bridgehead atoms. The van der Waals surface area contributed by atoms with Crippen LogP contribution in [0.3, 0.4) is 0 Å². The van der Waals surface area contributed by atoms with E-state index in [0.717, 1.165) is 25.2 Å². The molecule has 0 spiro atoms. The number of nitrogens with one attached hydrogen (secondary N) is 1. The van der Waals surface area contributed by atoms with Crippen molar-refractivity contribution < 1.29 is 4.39 Å². The van der Waals surface area contributed by atoms with Crippen molar-refractivity contribution in [1.82, 2.24) is 10.2 Å². The van der Waals surface area contributed by atoms with Crippen molar-refractivity contribution in [2.45, 2.75) is 38.9 Å². The van der Waals surface area contributed by atoms with Crippen LogP contribution in [0.25, 0.3) is 0 Å². The van der Waals surface area contributed by atoms with Crippen LogP contribution in [-0.2, 0) is 6.54 Å². The molecule has 0 radical (unpaired) electrons. The van der Waals surface area contributed by atoms with Gasteiger partial charge >= 0.3 is 0 Å². The zero-order valence-electron chi connectivity index (χ0n) is 11.1. The summed E-state index contributed by atoms with van der Waals surface area (Å²) < 4.78 is 13.1. The molecule has 0 aliphatic carbocycles. The lowest BCUT2D eigenvalue weighted by Gasteiger charge is -2.43. The highest BCUT2D eigenvalue weighted by atomic mass is 35.5. The maximum Gasteiger partial charge on any atom is 0.141 e. The highest BCUT2D eigenvalue weighted by Gasteiger charge is 2.29. The van der Waals surface area contributed by atoms with Crippen molar-refractivity contribution in [3.05, 3.63) is 34.6 Å². The molecule has 1 aliphatic heterocycles. The van der Waals surface area contributed by atoms with Crippen LogP contribution in [0.5, 0.6) is 0 Å². The van der Waals surface area contributed by atoms with E-state index in [-0.39, 0.29) is 16.4 Å². The molecule has 100 valence electrons. The van der Waals surface area contributed by atoms with Crippen LogP contribution in [0.4, 0.5) is 4.39 Å². The molecule has 1 fully saturated rings. The molecule has 1 aromatic carbocycles. The third-order valence-electron chi connectivity index (χ3n) is 3.47. The first-order valence-corrected chi connectivity index (χ1v) is 6.68. The summed E-state index contributed by atoms with van der Waals surface area (Å²) in [6, 6.07) is 5.44. The minimum atomic E-state index is -0.353. The average Bonchev–Trinajstić information content (AvgIpc) is 2.28. The Morgan fingerprint density at radius 3 is 2.89 bits per heavy atom. The molecule has 1 aliphatic rings. The van der Waals surface area contributed by atoms with Gasteiger partial charge < -0.3 is 5.32 Å². The Kier molecular flexibility index (Phi) is 3.95. The van der Waals surface area contributed by atoms with E-state index in [1.165, 1.54) is 6.07 Å². The molecule has 1 N–H and O–H groups in total. The fourth-order valence-electron chi connectivity index (χ4n) is 2.36. The molecule has 1 heterocycles. The summed E-state index contributed by atoms with van der Waals surface area (Å²) in [7, 11) is 0. The fourth-order valence-corrected chi connectivity index (χ4v) is 2.56. The van der Waals surface area contributed by atoms with E-state index in [2.05, 4.69) is 31.0 Å². The van der Waals surface area contributed by atoms with Crippen LogP contribution >= 0.6 is 11.6 Å². The van der Waals surface area contributed by atoms with Gasteiger partial charge in [0, 0.05) is 31.2 Å². The zero-order chi connectivity index (χ0) is 13.3. The number of rotatable bonds is 2. The molecule has 18 heavy (non-hydrogen) atoms. The standard InChI is InChI=1S/C14H20ClFN2/c1-10-7-17-14(2,3)9-18(10)8-11-4-5-13(16)12(15)6-11/h4-6,10,17H,7-9H2,1-3H3. The van der Waals surface area contributed by atoms with Crippen LogP contribution in [0.15, 0.2) is 18.2 Å². The van der Waals surface area contributed by atoms with E-state index >= 15 is 0 Å². The van der Waals surface area contributed by atoms with Gasteiger partial charge in [-0.15, -0.1) is 0 Å². The van der Waals surface area contributed by atoms with Gasteiger partial charge in [0.1, 0.15) is 5.82 Å². The summed E-state index contributed by atoms with van der Waals surface area (Å²) in [4.78, 5) is 2.40.